The number of rotatable bonds is 3. The van der Waals surface area contributed by atoms with E-state index < -0.39 is 23.3 Å². The third kappa shape index (κ3) is 3.06. The maximum absolute atomic E-state index is 10.2. The van der Waals surface area contributed by atoms with Gasteiger partial charge >= 0.3 is 0 Å². The number of ether oxygens (including phenoxy) is 4. The van der Waals surface area contributed by atoms with E-state index >= 15 is 0 Å². The second kappa shape index (κ2) is 6.56. The van der Waals surface area contributed by atoms with E-state index in [0.29, 0.717) is 0 Å². The van der Waals surface area contributed by atoms with Crippen molar-refractivity contribution in [2.24, 2.45) is 0 Å². The molecule has 0 aromatic rings. The van der Waals surface area contributed by atoms with E-state index in [0.717, 1.165) is 64.4 Å². The largest absolute Gasteiger partial charge is 0.390 e. The van der Waals surface area contributed by atoms with Gasteiger partial charge in [-0.1, -0.05) is 13.0 Å². The van der Waals surface area contributed by atoms with E-state index in [2.05, 4.69) is 26.0 Å². The third-order valence-electron chi connectivity index (χ3n) is 7.09. The van der Waals surface area contributed by atoms with Crippen LogP contribution in [0.3, 0.4) is 0 Å². The first-order valence-corrected chi connectivity index (χ1v) is 10.4. The fourth-order valence-corrected chi connectivity index (χ4v) is 5.29. The van der Waals surface area contributed by atoms with Crippen LogP contribution in [0.1, 0.15) is 78.6 Å². The summed E-state index contributed by atoms with van der Waals surface area (Å²) in [5.74, 6) is -1.21. The second-order valence-electron chi connectivity index (χ2n) is 8.89. The maximum Gasteiger partial charge on any atom is 0.191 e. The Morgan fingerprint density at radius 2 is 2.00 bits per heavy atom. The van der Waals surface area contributed by atoms with Crippen molar-refractivity contribution in [2.45, 2.75) is 114 Å². The Kier molecular flexibility index (Phi) is 4.76. The molecule has 0 aliphatic carbocycles. The molecule has 1 N–H and O–H groups in total. The van der Waals surface area contributed by atoms with Gasteiger partial charge in [0.25, 0.3) is 0 Å². The fourth-order valence-electron chi connectivity index (χ4n) is 5.29. The lowest BCUT2D eigenvalue weighted by Gasteiger charge is -2.46. The highest BCUT2D eigenvalue weighted by Crippen LogP contribution is 2.52. The van der Waals surface area contributed by atoms with Crippen molar-refractivity contribution in [2.75, 3.05) is 6.61 Å². The van der Waals surface area contributed by atoms with Gasteiger partial charge in [-0.2, -0.15) is 0 Å². The Hall–Kier alpha value is -0.460. The van der Waals surface area contributed by atoms with Gasteiger partial charge in [0.05, 0.1) is 30.0 Å². The quantitative estimate of drug-likeness (QED) is 0.769. The summed E-state index contributed by atoms with van der Waals surface area (Å²) in [4.78, 5) is 0. The summed E-state index contributed by atoms with van der Waals surface area (Å²) in [6.45, 7) is 6.82. The van der Waals surface area contributed by atoms with E-state index in [4.69, 9.17) is 18.9 Å². The van der Waals surface area contributed by atoms with Crippen molar-refractivity contribution in [3.05, 3.63) is 12.2 Å². The normalized spacial score (nSPS) is 49.9. The predicted octanol–water partition coefficient (Wildman–Crippen LogP) is 3.83. The van der Waals surface area contributed by atoms with Gasteiger partial charge in [0, 0.05) is 19.3 Å². The molecule has 0 unspecified atom stereocenters. The van der Waals surface area contributed by atoms with Crippen LogP contribution in [-0.4, -0.2) is 46.7 Å². The SMILES string of the molecule is CC[C@@]1([C@@H](C)O)CC[C@@H]([C@@]2(C)CC[C@]3(CC=C[C@]4(CCCCO4)O3)O2)O1. The van der Waals surface area contributed by atoms with E-state index in [1.165, 1.54) is 0 Å². The molecule has 26 heavy (non-hydrogen) atoms. The van der Waals surface area contributed by atoms with E-state index in [1.54, 1.807) is 0 Å². The molecular weight excluding hydrogens is 332 g/mol. The summed E-state index contributed by atoms with van der Waals surface area (Å²) in [5.41, 5.74) is -0.819. The standard InChI is InChI=1S/C21H34O5/c1-4-19(16(2)22)12-8-17(24-19)18(3)13-14-21(25-18)11-7-10-20(26-21)9-5-6-15-23-20/h7,10,16-17,22H,4-6,8-9,11-15H2,1-3H3/t16-,17+,18-,19+,20+,21-/m1/s1. The van der Waals surface area contributed by atoms with Crippen molar-refractivity contribution in [1.29, 1.82) is 0 Å². The molecule has 0 aromatic carbocycles. The number of aliphatic hydroxyl groups excluding tert-OH is 1. The number of hydrogen-bond acceptors (Lipinski definition) is 5. The second-order valence-corrected chi connectivity index (χ2v) is 8.89. The van der Waals surface area contributed by atoms with Crippen LogP contribution in [-0.2, 0) is 18.9 Å². The van der Waals surface area contributed by atoms with Crippen molar-refractivity contribution in [3.63, 3.8) is 0 Å². The molecule has 0 bridgehead atoms. The van der Waals surface area contributed by atoms with Crippen LogP contribution >= 0.6 is 0 Å². The molecule has 2 spiro atoms. The molecule has 0 amide bonds. The lowest BCUT2D eigenvalue weighted by Crippen LogP contribution is -2.52. The molecule has 0 aromatic heterocycles. The summed E-state index contributed by atoms with van der Waals surface area (Å²) < 4.78 is 25.6. The predicted molar refractivity (Wildman–Crippen MR) is 97.6 cm³/mol. The van der Waals surface area contributed by atoms with Crippen LogP contribution < -0.4 is 0 Å². The molecule has 148 valence electrons. The highest BCUT2D eigenvalue weighted by atomic mass is 16.8. The molecule has 6 atom stereocenters. The Balaban J connectivity index is 1.48. The van der Waals surface area contributed by atoms with Crippen LogP contribution in [0, 0.1) is 0 Å². The molecule has 5 heteroatoms. The van der Waals surface area contributed by atoms with E-state index in [9.17, 15) is 5.11 Å². The highest BCUT2D eigenvalue weighted by molar-refractivity contribution is 5.10. The molecule has 4 aliphatic heterocycles. The molecule has 3 fully saturated rings. The molecule has 0 radical (unpaired) electrons. The zero-order valence-corrected chi connectivity index (χ0v) is 16.5. The first-order chi connectivity index (χ1) is 12.4. The summed E-state index contributed by atoms with van der Waals surface area (Å²) in [6, 6.07) is 0. The summed E-state index contributed by atoms with van der Waals surface area (Å²) in [7, 11) is 0. The van der Waals surface area contributed by atoms with Crippen molar-refractivity contribution < 1.29 is 24.1 Å². The average Bonchev–Trinajstić information content (AvgIpc) is 3.20. The minimum Gasteiger partial charge on any atom is -0.390 e. The lowest BCUT2D eigenvalue weighted by molar-refractivity contribution is -0.363. The topological polar surface area (TPSA) is 57.2 Å². The van der Waals surface area contributed by atoms with Crippen molar-refractivity contribution >= 4 is 0 Å². The third-order valence-corrected chi connectivity index (χ3v) is 7.09. The molecule has 4 heterocycles. The van der Waals surface area contributed by atoms with E-state index in [-0.39, 0.29) is 11.7 Å². The van der Waals surface area contributed by atoms with Crippen LogP contribution in [0.15, 0.2) is 12.2 Å². The minimum absolute atomic E-state index is 0.00541. The summed E-state index contributed by atoms with van der Waals surface area (Å²) >= 11 is 0. The smallest absolute Gasteiger partial charge is 0.191 e. The van der Waals surface area contributed by atoms with Gasteiger partial charge in [0.1, 0.15) is 0 Å². The van der Waals surface area contributed by atoms with Gasteiger partial charge in [-0.25, -0.2) is 0 Å². The van der Waals surface area contributed by atoms with Crippen molar-refractivity contribution in [3.8, 4) is 0 Å². The summed E-state index contributed by atoms with van der Waals surface area (Å²) in [6.07, 6.45) is 12.0. The zero-order valence-electron chi connectivity index (χ0n) is 16.5. The van der Waals surface area contributed by atoms with Crippen LogP contribution in [0.2, 0.25) is 0 Å². The highest BCUT2D eigenvalue weighted by Gasteiger charge is 2.58. The molecule has 4 rings (SSSR count). The van der Waals surface area contributed by atoms with Gasteiger partial charge in [0.15, 0.2) is 11.6 Å². The van der Waals surface area contributed by atoms with Crippen molar-refractivity contribution in [1.82, 2.24) is 0 Å². The average molecular weight is 366 g/mol. The lowest BCUT2D eigenvalue weighted by atomic mass is 9.89. The Bertz CT molecular complexity index is 555. The van der Waals surface area contributed by atoms with Gasteiger partial charge in [0.2, 0.25) is 0 Å². The van der Waals surface area contributed by atoms with Crippen LogP contribution in [0.4, 0.5) is 0 Å². The molecule has 4 aliphatic rings. The minimum atomic E-state index is -0.606. The van der Waals surface area contributed by atoms with Gasteiger partial charge in [-0.05, 0) is 58.4 Å². The van der Waals surface area contributed by atoms with Gasteiger partial charge in [-0.3, -0.25) is 0 Å². The molecular formula is C21H34O5. The number of hydrogen-bond donors (Lipinski definition) is 1. The Labute approximate surface area is 157 Å². The number of aliphatic hydroxyl groups is 1. The first kappa shape index (κ1) is 18.9. The summed E-state index contributed by atoms with van der Waals surface area (Å²) in [5, 5.41) is 10.2. The van der Waals surface area contributed by atoms with E-state index in [1.807, 2.05) is 6.92 Å². The van der Waals surface area contributed by atoms with Gasteiger partial charge in [-0.15, -0.1) is 0 Å². The van der Waals surface area contributed by atoms with Crippen LogP contribution in [0.5, 0.6) is 0 Å². The molecule has 5 nitrogen and oxygen atoms in total. The first-order valence-electron chi connectivity index (χ1n) is 10.4. The molecule has 3 saturated heterocycles. The molecule has 0 saturated carbocycles. The van der Waals surface area contributed by atoms with Gasteiger partial charge < -0.3 is 24.1 Å². The maximum atomic E-state index is 10.2. The Morgan fingerprint density at radius 1 is 1.15 bits per heavy atom. The van der Waals surface area contributed by atoms with Crippen LogP contribution in [0.25, 0.3) is 0 Å². The Morgan fingerprint density at radius 3 is 2.65 bits per heavy atom. The fraction of sp³-hybridized carbons (Fsp3) is 0.905. The zero-order chi connectivity index (χ0) is 18.5. The monoisotopic (exact) mass is 366 g/mol.